The Kier molecular flexibility index (Phi) is 5.68. The Morgan fingerprint density at radius 2 is 1.91 bits per heavy atom. The Balaban J connectivity index is 1.67. The van der Waals surface area contributed by atoms with Gasteiger partial charge in [0.15, 0.2) is 5.17 Å². The van der Waals surface area contributed by atoms with Gasteiger partial charge in [0, 0.05) is 19.4 Å². The lowest BCUT2D eigenvalue weighted by Crippen LogP contribution is -2.49. The van der Waals surface area contributed by atoms with E-state index in [1.807, 2.05) is 56.3 Å². The molecule has 0 radical (unpaired) electrons. The third-order valence-electron chi connectivity index (χ3n) is 5.32. The van der Waals surface area contributed by atoms with Crippen LogP contribution in [0.2, 0.25) is 0 Å². The normalized spacial score (nSPS) is 19.2. The third-order valence-corrected chi connectivity index (χ3v) is 6.56. The lowest BCUT2D eigenvalue weighted by molar-refractivity contribution is -0.139. The summed E-state index contributed by atoms with van der Waals surface area (Å²) in [5, 5.41) is 8.27. The summed E-state index contributed by atoms with van der Waals surface area (Å²) in [5.41, 5.74) is 3.33. The number of carbonyl (C=O) groups is 3. The number of anilines is 1. The van der Waals surface area contributed by atoms with E-state index < -0.39 is 10.8 Å². The first-order chi connectivity index (χ1) is 15.2. The van der Waals surface area contributed by atoms with Gasteiger partial charge in [-0.3, -0.25) is 14.4 Å². The molecule has 0 bridgehead atoms. The molecule has 2 heterocycles. The number of fused-ring (bicyclic) bond motifs is 2. The number of nitrogens with one attached hydrogen (secondary N) is 1. The van der Waals surface area contributed by atoms with Crippen molar-refractivity contribution in [2.24, 2.45) is 5.10 Å². The van der Waals surface area contributed by atoms with E-state index in [1.165, 1.54) is 18.9 Å². The van der Waals surface area contributed by atoms with Crippen LogP contribution in [0.5, 0.6) is 5.75 Å². The minimum atomic E-state index is -1.40. The number of para-hydroxylation sites is 1. The number of nitrogens with zero attached hydrogens (tertiary/aromatic N) is 3. The van der Waals surface area contributed by atoms with E-state index >= 15 is 0 Å². The highest BCUT2D eigenvalue weighted by atomic mass is 32.2. The van der Waals surface area contributed by atoms with Crippen molar-refractivity contribution >= 4 is 40.3 Å². The van der Waals surface area contributed by atoms with Crippen LogP contribution in [0.1, 0.15) is 30.5 Å². The van der Waals surface area contributed by atoms with Gasteiger partial charge in [0.2, 0.25) is 16.7 Å². The maximum atomic E-state index is 13.8. The number of hydrogen-bond donors (Lipinski definition) is 1. The summed E-state index contributed by atoms with van der Waals surface area (Å²) in [7, 11) is 0. The van der Waals surface area contributed by atoms with Crippen molar-refractivity contribution < 1.29 is 19.1 Å². The lowest BCUT2D eigenvalue weighted by Gasteiger charge is -2.29. The largest absolute Gasteiger partial charge is 0.491 e. The van der Waals surface area contributed by atoms with Crippen molar-refractivity contribution in [2.75, 3.05) is 18.1 Å². The van der Waals surface area contributed by atoms with E-state index in [2.05, 4.69) is 10.4 Å². The average Bonchev–Trinajstić information content (AvgIpc) is 3.21. The van der Waals surface area contributed by atoms with E-state index in [0.29, 0.717) is 17.8 Å². The number of carbonyl (C=O) groups excluding carboxylic acids is 3. The smallest absolute Gasteiger partial charge is 0.270 e. The van der Waals surface area contributed by atoms with Crippen LogP contribution in [0.25, 0.3) is 0 Å². The topological polar surface area (TPSA) is 91.3 Å². The Morgan fingerprint density at radius 1 is 1.16 bits per heavy atom. The molecule has 8 nitrogen and oxygen atoms in total. The van der Waals surface area contributed by atoms with Crippen molar-refractivity contribution in [3.05, 3.63) is 59.2 Å². The Labute approximate surface area is 190 Å². The average molecular weight is 453 g/mol. The summed E-state index contributed by atoms with van der Waals surface area (Å²) in [6, 6.07) is 13.4. The zero-order valence-electron chi connectivity index (χ0n) is 18.3. The van der Waals surface area contributed by atoms with Crippen LogP contribution in [-0.2, 0) is 19.3 Å². The number of amides is 3. The van der Waals surface area contributed by atoms with E-state index in [-0.39, 0.29) is 23.6 Å². The Morgan fingerprint density at radius 3 is 2.59 bits per heavy atom. The van der Waals surface area contributed by atoms with Gasteiger partial charge in [-0.15, -0.1) is 5.10 Å². The molecule has 4 rings (SSSR count). The summed E-state index contributed by atoms with van der Waals surface area (Å²) in [4.78, 5) is 38.2. The molecular formula is C23H24N4O4S. The zero-order chi connectivity index (χ0) is 23.0. The van der Waals surface area contributed by atoms with Gasteiger partial charge in [-0.05, 0) is 43.3 Å². The second-order valence-electron chi connectivity index (χ2n) is 7.75. The molecule has 2 aromatic rings. The number of rotatable bonds is 4. The van der Waals surface area contributed by atoms with Crippen LogP contribution >= 0.6 is 11.8 Å². The van der Waals surface area contributed by atoms with Crippen molar-refractivity contribution in [2.45, 2.75) is 32.6 Å². The molecule has 0 saturated heterocycles. The summed E-state index contributed by atoms with van der Waals surface area (Å²) in [5.74, 6) is -0.252. The molecular weight excluding hydrogens is 428 g/mol. The number of hydrazone groups is 1. The first kappa shape index (κ1) is 21.9. The quantitative estimate of drug-likeness (QED) is 0.770. The van der Waals surface area contributed by atoms with Crippen molar-refractivity contribution in [3.63, 3.8) is 0 Å². The molecule has 1 N–H and O–H groups in total. The minimum Gasteiger partial charge on any atom is -0.491 e. The summed E-state index contributed by atoms with van der Waals surface area (Å²) >= 11 is 1.07. The number of benzene rings is 2. The van der Waals surface area contributed by atoms with E-state index in [0.717, 1.165) is 28.6 Å². The number of aryl methyl sites for hydroxylation is 2. The fourth-order valence-corrected chi connectivity index (χ4v) is 5.24. The third kappa shape index (κ3) is 3.62. The van der Waals surface area contributed by atoms with Crippen LogP contribution in [0.15, 0.2) is 47.6 Å². The molecule has 166 valence electrons. The molecule has 0 aliphatic carbocycles. The fourth-order valence-electron chi connectivity index (χ4n) is 3.91. The van der Waals surface area contributed by atoms with Crippen molar-refractivity contribution in [1.82, 2.24) is 10.3 Å². The molecule has 1 spiro atoms. The maximum Gasteiger partial charge on any atom is 0.270 e. The molecule has 2 aliphatic heterocycles. The molecule has 32 heavy (non-hydrogen) atoms. The van der Waals surface area contributed by atoms with Crippen LogP contribution in [0, 0.1) is 13.8 Å². The first-order valence-corrected chi connectivity index (χ1v) is 11.0. The van der Waals surface area contributed by atoms with Crippen molar-refractivity contribution in [3.8, 4) is 5.75 Å². The Hall–Kier alpha value is -3.33. The van der Waals surface area contributed by atoms with E-state index in [1.54, 1.807) is 4.90 Å². The van der Waals surface area contributed by atoms with Gasteiger partial charge in [-0.1, -0.05) is 35.9 Å². The Bertz CT molecular complexity index is 1150. The molecule has 2 aromatic carbocycles. The van der Waals surface area contributed by atoms with Crippen molar-refractivity contribution in [1.29, 1.82) is 0 Å². The van der Waals surface area contributed by atoms with Gasteiger partial charge in [-0.25, -0.2) is 0 Å². The van der Waals surface area contributed by atoms with Crippen LogP contribution in [0.4, 0.5) is 5.69 Å². The first-order valence-electron chi connectivity index (χ1n) is 10.2. The predicted molar refractivity (Wildman–Crippen MR) is 123 cm³/mol. The highest BCUT2D eigenvalue weighted by Gasteiger charge is 2.61. The SMILES string of the molecule is CC(=O)NC1=NN(C(C)=O)[C@@]2(S1)C(=O)N(CCOc1ccccc1C)c1ccc(C)cc12. The summed E-state index contributed by atoms with van der Waals surface area (Å²) in [6.45, 7) is 7.18. The molecule has 1 atom stereocenters. The molecule has 9 heteroatoms. The zero-order valence-corrected chi connectivity index (χ0v) is 19.2. The molecule has 0 aromatic heterocycles. The number of hydrogen-bond acceptors (Lipinski definition) is 6. The maximum absolute atomic E-state index is 13.8. The van der Waals surface area contributed by atoms with Crippen LogP contribution < -0.4 is 15.0 Å². The predicted octanol–water partition coefficient (Wildman–Crippen LogP) is 2.88. The minimum absolute atomic E-state index is 0.214. The molecule has 0 unspecified atom stereocenters. The van der Waals surface area contributed by atoms with Crippen LogP contribution in [-0.4, -0.2) is 41.0 Å². The van der Waals surface area contributed by atoms with Crippen LogP contribution in [0.3, 0.4) is 0 Å². The summed E-state index contributed by atoms with van der Waals surface area (Å²) in [6.07, 6.45) is 0. The molecule has 0 fully saturated rings. The number of ether oxygens (including phenoxy) is 1. The molecule has 0 saturated carbocycles. The standard InChI is InChI=1S/C23H24N4O4S/c1-14-9-10-19-18(13-14)23(27(17(4)29)25-22(32-23)24-16(3)28)21(30)26(19)11-12-31-20-8-6-5-7-15(20)2/h5-10,13H,11-12H2,1-4H3,(H,24,25,28)/t23-/m0/s1. The molecule has 2 aliphatic rings. The van der Waals surface area contributed by atoms with Gasteiger partial charge >= 0.3 is 0 Å². The summed E-state index contributed by atoms with van der Waals surface area (Å²) < 4.78 is 5.92. The van der Waals surface area contributed by atoms with E-state index in [4.69, 9.17) is 4.74 Å². The lowest BCUT2D eigenvalue weighted by atomic mass is 10.0. The van der Waals surface area contributed by atoms with Gasteiger partial charge in [-0.2, -0.15) is 5.01 Å². The second kappa shape index (κ2) is 8.31. The highest BCUT2D eigenvalue weighted by Crippen LogP contribution is 2.54. The van der Waals surface area contributed by atoms with Gasteiger partial charge in [0.1, 0.15) is 12.4 Å². The highest BCUT2D eigenvalue weighted by molar-refractivity contribution is 8.15. The van der Waals surface area contributed by atoms with E-state index in [9.17, 15) is 14.4 Å². The monoisotopic (exact) mass is 452 g/mol. The molecule has 3 amide bonds. The fraction of sp³-hybridized carbons (Fsp3) is 0.304. The number of amidine groups is 1. The van der Waals surface area contributed by atoms with Gasteiger partial charge < -0.3 is 15.0 Å². The van der Waals surface area contributed by atoms with Gasteiger partial charge in [0.25, 0.3) is 5.91 Å². The second-order valence-corrected chi connectivity index (χ2v) is 8.94. The number of thioether (sulfide) groups is 1. The van der Waals surface area contributed by atoms with Gasteiger partial charge in [0.05, 0.1) is 12.2 Å².